The molecule has 0 amide bonds. The van der Waals surface area contributed by atoms with E-state index < -0.39 is 0 Å². The molecule has 7 rings (SSSR count). The highest BCUT2D eigenvalue weighted by Crippen LogP contribution is 2.42. The summed E-state index contributed by atoms with van der Waals surface area (Å²) < 4.78 is 14.4. The first-order valence-electron chi connectivity index (χ1n) is 16.0. The number of hydrogen-bond acceptors (Lipinski definition) is 9. The summed E-state index contributed by atoms with van der Waals surface area (Å²) in [5.41, 5.74) is 2.50. The van der Waals surface area contributed by atoms with Gasteiger partial charge >= 0.3 is 0 Å². The Kier molecular flexibility index (Phi) is 7.21. The summed E-state index contributed by atoms with van der Waals surface area (Å²) in [6.45, 7) is 11.1. The Morgan fingerprint density at radius 3 is 2.85 bits per heavy atom. The zero-order valence-corrected chi connectivity index (χ0v) is 24.8. The topological polar surface area (TPSA) is 102 Å². The van der Waals surface area contributed by atoms with Gasteiger partial charge < -0.3 is 14.2 Å². The molecule has 0 N–H and O–H groups in total. The summed E-state index contributed by atoms with van der Waals surface area (Å²) in [6.07, 6.45) is 9.73. The second-order valence-corrected chi connectivity index (χ2v) is 12.7. The number of ketones is 1. The number of nitrogens with zero attached hydrogens (tertiary/aromatic N) is 7. The summed E-state index contributed by atoms with van der Waals surface area (Å²) in [4.78, 5) is 28.4. The molecule has 3 aromatic heterocycles. The van der Waals surface area contributed by atoms with Crippen molar-refractivity contribution in [2.45, 2.75) is 110 Å². The van der Waals surface area contributed by atoms with Crippen molar-refractivity contribution in [1.29, 1.82) is 0 Å². The summed E-state index contributed by atoms with van der Waals surface area (Å²) >= 11 is 0. The summed E-state index contributed by atoms with van der Waals surface area (Å²) in [5, 5.41) is 10.5. The van der Waals surface area contributed by atoms with Crippen LogP contribution in [0.15, 0.2) is 4.52 Å². The van der Waals surface area contributed by atoms with Gasteiger partial charge in [-0.25, -0.2) is 14.6 Å². The van der Waals surface area contributed by atoms with Gasteiger partial charge in [-0.3, -0.25) is 9.69 Å². The van der Waals surface area contributed by atoms with Crippen LogP contribution in [-0.2, 0) is 17.8 Å². The Hall–Kier alpha value is -3.01. The maximum atomic E-state index is 13.1. The number of aromatic nitrogens is 5. The molecular formula is C31H43N7O3. The zero-order chi connectivity index (χ0) is 28.1. The number of ether oxygens (including phenoxy) is 1. The van der Waals surface area contributed by atoms with Crippen LogP contribution in [0.3, 0.4) is 0 Å². The molecule has 0 spiro atoms. The van der Waals surface area contributed by atoms with Gasteiger partial charge in [0.15, 0.2) is 22.9 Å². The van der Waals surface area contributed by atoms with E-state index in [0.717, 1.165) is 99.3 Å². The molecule has 6 heterocycles. The quantitative estimate of drug-likeness (QED) is 0.370. The highest BCUT2D eigenvalue weighted by atomic mass is 16.5. The molecule has 0 saturated carbocycles. The molecule has 3 aliphatic heterocycles. The zero-order valence-electron chi connectivity index (χ0n) is 24.8. The maximum Gasteiger partial charge on any atom is 0.246 e. The van der Waals surface area contributed by atoms with Gasteiger partial charge in [0.2, 0.25) is 5.88 Å². The molecule has 10 nitrogen and oxygen atoms in total. The number of carbonyl (C=O) groups excluding carboxylic acids is 1. The average Bonchev–Trinajstić information content (AvgIpc) is 3.69. The van der Waals surface area contributed by atoms with Crippen LogP contribution in [0.1, 0.15) is 95.8 Å². The number of hydrogen-bond donors (Lipinski definition) is 0. The van der Waals surface area contributed by atoms with Crippen LogP contribution in [0.5, 0.6) is 5.88 Å². The van der Waals surface area contributed by atoms with Crippen LogP contribution in [0.2, 0.25) is 0 Å². The number of Topliss-reactive ketones (excluding diaryl/α,β-unsaturated/α-hetero) is 1. The van der Waals surface area contributed by atoms with Gasteiger partial charge in [-0.05, 0) is 70.4 Å². The Morgan fingerprint density at radius 1 is 1.10 bits per heavy atom. The smallest absolute Gasteiger partial charge is 0.246 e. The predicted octanol–water partition coefficient (Wildman–Crippen LogP) is 5.14. The first-order valence-corrected chi connectivity index (χ1v) is 16.0. The van der Waals surface area contributed by atoms with Crippen molar-refractivity contribution in [2.75, 3.05) is 31.1 Å². The lowest BCUT2D eigenvalue weighted by molar-refractivity contribution is -0.121. The Balaban J connectivity index is 1.34. The number of likely N-dealkylation sites (N-methyl/N-ethyl adjacent to an activating group) is 1. The van der Waals surface area contributed by atoms with Crippen molar-refractivity contribution < 1.29 is 14.1 Å². The van der Waals surface area contributed by atoms with E-state index >= 15 is 0 Å². The van der Waals surface area contributed by atoms with E-state index in [-0.39, 0.29) is 17.7 Å². The molecule has 10 heteroatoms. The highest BCUT2D eigenvalue weighted by Gasteiger charge is 2.38. The lowest BCUT2D eigenvalue weighted by atomic mass is 9.83. The van der Waals surface area contributed by atoms with E-state index in [1.807, 2.05) is 0 Å². The largest absolute Gasteiger partial charge is 0.474 e. The first-order chi connectivity index (χ1) is 20.1. The minimum atomic E-state index is -0.211. The Bertz CT molecular complexity index is 1430. The van der Waals surface area contributed by atoms with Gasteiger partial charge in [0.1, 0.15) is 23.6 Å². The van der Waals surface area contributed by atoms with Crippen molar-refractivity contribution >= 4 is 22.6 Å². The molecule has 220 valence electrons. The first kappa shape index (κ1) is 26.9. The van der Waals surface area contributed by atoms with Crippen LogP contribution < -0.4 is 9.64 Å². The fourth-order valence-electron chi connectivity index (χ4n) is 7.56. The number of carbonyl (C=O) groups is 1. The van der Waals surface area contributed by atoms with Crippen LogP contribution in [0.25, 0.3) is 22.6 Å². The number of unbranched alkanes of at least 4 members (excludes halogenated alkanes) is 1. The van der Waals surface area contributed by atoms with Gasteiger partial charge in [0.25, 0.3) is 0 Å². The van der Waals surface area contributed by atoms with Crippen molar-refractivity contribution in [1.82, 2.24) is 29.8 Å². The average molecular weight is 562 g/mol. The van der Waals surface area contributed by atoms with Gasteiger partial charge in [-0.2, -0.15) is 0 Å². The molecule has 4 atom stereocenters. The maximum absolute atomic E-state index is 13.1. The third kappa shape index (κ3) is 4.72. The third-order valence-corrected chi connectivity index (χ3v) is 9.89. The van der Waals surface area contributed by atoms with Crippen LogP contribution in [0.4, 0.5) is 5.82 Å². The number of fused-ring (bicyclic) bond motifs is 3. The van der Waals surface area contributed by atoms with Crippen LogP contribution in [0, 0.1) is 5.92 Å². The van der Waals surface area contributed by atoms with Crippen molar-refractivity contribution in [3.63, 3.8) is 0 Å². The molecule has 3 aromatic rings. The second kappa shape index (κ2) is 11.0. The standard InChI is InChI=1S/C31H43N7O3/c1-4-6-12-24(39)22-10-7-11-23-26(35-41-27(22)23)28-32-29-25-30(33-28)38(17-20-9-8-15-36(20)5-2)34-31(25)40-18-21-14-13-19(3)16-37(21)29/h19-22H,4-18H2,1-3H3/t19?,20?,21-,22?/m1/s1. The molecule has 0 bridgehead atoms. The lowest BCUT2D eigenvalue weighted by Gasteiger charge is -2.38. The number of anilines is 1. The second-order valence-electron chi connectivity index (χ2n) is 12.7. The van der Waals surface area contributed by atoms with Crippen LogP contribution in [-0.4, -0.2) is 73.9 Å². The molecule has 0 radical (unpaired) electrons. The van der Waals surface area contributed by atoms with Gasteiger partial charge in [0, 0.05) is 24.6 Å². The van der Waals surface area contributed by atoms with Crippen molar-refractivity contribution in [3.8, 4) is 17.4 Å². The molecule has 3 unspecified atom stereocenters. The minimum absolute atomic E-state index is 0.211. The lowest BCUT2D eigenvalue weighted by Crippen LogP contribution is -2.45. The number of rotatable bonds is 8. The monoisotopic (exact) mass is 561 g/mol. The minimum Gasteiger partial charge on any atom is -0.474 e. The van der Waals surface area contributed by atoms with E-state index in [1.165, 1.54) is 12.8 Å². The van der Waals surface area contributed by atoms with Crippen LogP contribution >= 0.6 is 0 Å². The van der Waals surface area contributed by atoms with Crippen molar-refractivity contribution in [2.24, 2.45) is 5.92 Å². The molecule has 1 aliphatic carbocycles. The van der Waals surface area contributed by atoms with Gasteiger partial charge in [0.05, 0.1) is 18.5 Å². The number of likely N-dealkylation sites (tertiary alicyclic amines) is 1. The molecule has 2 fully saturated rings. The molecular weight excluding hydrogens is 518 g/mol. The fourth-order valence-corrected chi connectivity index (χ4v) is 7.56. The summed E-state index contributed by atoms with van der Waals surface area (Å²) in [7, 11) is 0. The SMILES string of the molecule is CCCCC(=O)C1CCCc2c(-c3nc4c5c(nn(CC6CCCN6CC)c5n3)OC[C@H]3CCC(C)CN43)noc21. The summed E-state index contributed by atoms with van der Waals surface area (Å²) in [5.74, 6) is 3.48. The van der Waals surface area contributed by atoms with Gasteiger partial charge in [-0.1, -0.05) is 32.3 Å². The fraction of sp³-hybridized carbons (Fsp3) is 0.710. The molecule has 2 saturated heterocycles. The number of piperidine rings is 1. The summed E-state index contributed by atoms with van der Waals surface area (Å²) in [6, 6.07) is 0.690. The molecule has 0 aromatic carbocycles. The van der Waals surface area contributed by atoms with Gasteiger partial charge in [-0.15, -0.1) is 5.10 Å². The highest BCUT2D eigenvalue weighted by molar-refractivity contribution is 5.94. The molecule has 4 aliphatic rings. The van der Waals surface area contributed by atoms with Crippen molar-refractivity contribution in [3.05, 3.63) is 11.3 Å². The Morgan fingerprint density at radius 2 is 2.00 bits per heavy atom. The van der Waals surface area contributed by atoms with E-state index in [4.69, 9.17) is 24.3 Å². The van der Waals surface area contributed by atoms with E-state index in [0.29, 0.717) is 42.4 Å². The third-order valence-electron chi connectivity index (χ3n) is 9.89. The van der Waals surface area contributed by atoms with E-state index in [2.05, 4.69) is 40.4 Å². The van der Waals surface area contributed by atoms with E-state index in [1.54, 1.807) is 0 Å². The Labute approximate surface area is 241 Å². The van der Waals surface area contributed by atoms with E-state index in [9.17, 15) is 4.79 Å². The normalized spacial score (nSPS) is 26.1. The predicted molar refractivity (Wildman–Crippen MR) is 156 cm³/mol. The molecule has 41 heavy (non-hydrogen) atoms.